The molecule has 0 spiro atoms. The van der Waals surface area contributed by atoms with E-state index in [-0.39, 0.29) is 5.15 Å². The van der Waals surface area contributed by atoms with Gasteiger partial charge in [-0.3, -0.25) is 4.90 Å². The molecular weight excluding hydrogens is 288 g/mol. The second kappa shape index (κ2) is 7.03. The van der Waals surface area contributed by atoms with E-state index in [1.165, 1.54) is 0 Å². The number of anilines is 1. The maximum absolute atomic E-state index is 9.96. The van der Waals surface area contributed by atoms with Crippen LogP contribution in [0.2, 0.25) is 5.15 Å². The summed E-state index contributed by atoms with van der Waals surface area (Å²) in [6, 6.07) is 1.99. The van der Waals surface area contributed by atoms with Crippen LogP contribution in [0, 0.1) is 11.3 Å². The lowest BCUT2D eigenvalue weighted by Crippen LogP contribution is -2.42. The molecule has 1 aliphatic rings. The van der Waals surface area contributed by atoms with Crippen molar-refractivity contribution in [1.29, 1.82) is 5.26 Å². The summed E-state index contributed by atoms with van der Waals surface area (Å²) < 4.78 is 9.14. The lowest BCUT2D eigenvalue weighted by molar-refractivity contribution is 0.0171. The van der Waals surface area contributed by atoms with Crippen LogP contribution < -0.4 is 5.32 Å². The van der Waals surface area contributed by atoms with Crippen LogP contribution in [0.1, 0.15) is 5.56 Å². The molecule has 2 heterocycles. The lowest BCUT2D eigenvalue weighted by atomic mass is 10.3. The molecule has 1 unspecified atom stereocenters. The average Bonchev–Trinajstić information content (AvgIpc) is 2.78. The Kier molecular flexibility index (Phi) is 5.36. The molecule has 2 N–H and O–H groups in total. The molecule has 6 nitrogen and oxygen atoms in total. The first-order valence-corrected chi connectivity index (χ1v) is 7.13. The highest BCUT2D eigenvalue weighted by atomic mass is 35.5. The van der Waals surface area contributed by atoms with Gasteiger partial charge in [-0.05, 0) is 11.5 Å². The van der Waals surface area contributed by atoms with Crippen LogP contribution in [-0.2, 0) is 4.74 Å². The summed E-state index contributed by atoms with van der Waals surface area (Å²) in [5.41, 5.74) is 0.338. The van der Waals surface area contributed by atoms with E-state index in [0.717, 1.165) is 24.6 Å². The minimum Gasteiger partial charge on any atom is -0.390 e. The average molecular weight is 303 g/mol. The summed E-state index contributed by atoms with van der Waals surface area (Å²) in [5.74, 6) is 0. The lowest BCUT2D eigenvalue weighted by Gasteiger charge is -2.28. The van der Waals surface area contributed by atoms with Crippen LogP contribution in [-0.4, -0.2) is 59.9 Å². The van der Waals surface area contributed by atoms with Crippen molar-refractivity contribution in [1.82, 2.24) is 9.27 Å². The summed E-state index contributed by atoms with van der Waals surface area (Å²) in [6.07, 6.45) is -0.509. The first kappa shape index (κ1) is 14.5. The number of aliphatic hydroxyl groups excluding tert-OH is 1. The van der Waals surface area contributed by atoms with Gasteiger partial charge in [0.05, 0.1) is 19.3 Å². The van der Waals surface area contributed by atoms with Gasteiger partial charge in [0.15, 0.2) is 5.15 Å². The molecule has 1 aromatic heterocycles. The van der Waals surface area contributed by atoms with E-state index in [4.69, 9.17) is 21.6 Å². The highest BCUT2D eigenvalue weighted by molar-refractivity contribution is 7.10. The van der Waals surface area contributed by atoms with Gasteiger partial charge in [0.25, 0.3) is 0 Å². The largest absolute Gasteiger partial charge is 0.390 e. The van der Waals surface area contributed by atoms with Gasteiger partial charge in [-0.2, -0.15) is 9.64 Å². The third-order valence-corrected chi connectivity index (χ3v) is 4.01. The zero-order chi connectivity index (χ0) is 13.7. The molecule has 19 heavy (non-hydrogen) atoms. The Morgan fingerprint density at radius 2 is 2.32 bits per heavy atom. The molecule has 1 atom stereocenters. The van der Waals surface area contributed by atoms with E-state index >= 15 is 0 Å². The van der Waals surface area contributed by atoms with Gasteiger partial charge in [0.2, 0.25) is 0 Å². The molecule has 0 saturated carbocycles. The monoisotopic (exact) mass is 302 g/mol. The summed E-state index contributed by atoms with van der Waals surface area (Å²) >= 11 is 6.90. The fourth-order valence-corrected chi connectivity index (χ4v) is 2.79. The molecule has 0 aliphatic carbocycles. The van der Waals surface area contributed by atoms with E-state index < -0.39 is 6.10 Å². The highest BCUT2D eigenvalue weighted by Gasteiger charge is 2.16. The van der Waals surface area contributed by atoms with E-state index in [2.05, 4.69) is 14.6 Å². The number of rotatable bonds is 5. The van der Waals surface area contributed by atoms with E-state index in [0.29, 0.717) is 36.9 Å². The topological polar surface area (TPSA) is 81.4 Å². The fraction of sp³-hybridized carbons (Fsp3) is 0.636. The van der Waals surface area contributed by atoms with Crippen molar-refractivity contribution in [3.05, 3.63) is 10.7 Å². The van der Waals surface area contributed by atoms with Gasteiger partial charge in [0, 0.05) is 26.2 Å². The smallest absolute Gasteiger partial charge is 0.162 e. The predicted molar refractivity (Wildman–Crippen MR) is 73.6 cm³/mol. The van der Waals surface area contributed by atoms with Gasteiger partial charge < -0.3 is 15.2 Å². The minimum absolute atomic E-state index is 0.206. The second-order valence-electron chi connectivity index (χ2n) is 4.24. The molecule has 2 rings (SSSR count). The number of aliphatic hydroxyl groups is 1. The van der Waals surface area contributed by atoms with Crippen molar-refractivity contribution in [2.24, 2.45) is 0 Å². The molecule has 1 saturated heterocycles. The van der Waals surface area contributed by atoms with E-state index in [1.807, 2.05) is 6.07 Å². The maximum atomic E-state index is 9.96. The maximum Gasteiger partial charge on any atom is 0.162 e. The zero-order valence-electron chi connectivity index (χ0n) is 10.3. The number of β-amino-alcohol motifs (C(OH)–C–C–N with tert-alkyl or cyclic N) is 1. The third-order valence-electron chi connectivity index (χ3n) is 2.83. The minimum atomic E-state index is -0.509. The van der Waals surface area contributed by atoms with Crippen molar-refractivity contribution < 1.29 is 9.84 Å². The van der Waals surface area contributed by atoms with Gasteiger partial charge >= 0.3 is 0 Å². The van der Waals surface area contributed by atoms with Gasteiger partial charge in [-0.1, -0.05) is 11.6 Å². The summed E-state index contributed by atoms with van der Waals surface area (Å²) in [4.78, 5) is 2.15. The highest BCUT2D eigenvalue weighted by Crippen LogP contribution is 2.27. The quantitative estimate of drug-likeness (QED) is 0.836. The Bertz CT molecular complexity index is 456. The number of hydrogen-bond acceptors (Lipinski definition) is 7. The van der Waals surface area contributed by atoms with Crippen LogP contribution in [0.15, 0.2) is 0 Å². The number of halogens is 1. The van der Waals surface area contributed by atoms with Crippen LogP contribution >= 0.6 is 23.1 Å². The predicted octanol–water partition coefficient (Wildman–Crippen LogP) is 0.773. The molecule has 0 amide bonds. The third kappa shape index (κ3) is 4.03. The molecule has 1 fully saturated rings. The number of nitriles is 1. The van der Waals surface area contributed by atoms with Crippen LogP contribution in [0.3, 0.4) is 0 Å². The normalized spacial score (nSPS) is 17.9. The van der Waals surface area contributed by atoms with Crippen LogP contribution in [0.25, 0.3) is 0 Å². The molecule has 104 valence electrons. The van der Waals surface area contributed by atoms with Crippen molar-refractivity contribution in [3.8, 4) is 6.07 Å². The first-order chi connectivity index (χ1) is 9.20. The standard InChI is InChI=1S/C11H15ClN4O2S/c12-10-9(5-13)11(19-15-10)14-6-8(17)7-16-1-3-18-4-2-16/h8,14,17H,1-4,6-7H2. The molecular formula is C11H15ClN4O2S. The number of nitrogens with one attached hydrogen (secondary N) is 1. The van der Waals surface area contributed by atoms with Crippen molar-refractivity contribution in [2.75, 3.05) is 44.7 Å². The van der Waals surface area contributed by atoms with Gasteiger partial charge in [-0.15, -0.1) is 0 Å². The molecule has 0 radical (unpaired) electrons. The zero-order valence-corrected chi connectivity index (χ0v) is 11.9. The van der Waals surface area contributed by atoms with Crippen LogP contribution in [0.4, 0.5) is 5.00 Å². The molecule has 0 aromatic carbocycles. The van der Waals surface area contributed by atoms with Crippen molar-refractivity contribution >= 4 is 28.1 Å². The first-order valence-electron chi connectivity index (χ1n) is 5.98. The molecule has 1 aliphatic heterocycles. The molecule has 8 heteroatoms. The summed E-state index contributed by atoms with van der Waals surface area (Å²) in [7, 11) is 0. The number of nitrogens with zero attached hydrogens (tertiary/aromatic N) is 3. The van der Waals surface area contributed by atoms with Gasteiger partial charge in [0.1, 0.15) is 16.6 Å². The Morgan fingerprint density at radius 1 is 1.58 bits per heavy atom. The number of morpholine rings is 1. The Morgan fingerprint density at radius 3 is 3.00 bits per heavy atom. The number of aromatic nitrogens is 1. The van der Waals surface area contributed by atoms with Crippen LogP contribution in [0.5, 0.6) is 0 Å². The summed E-state index contributed by atoms with van der Waals surface area (Å²) in [6.45, 7) is 4.06. The van der Waals surface area contributed by atoms with Gasteiger partial charge in [-0.25, -0.2) is 0 Å². The Balaban J connectivity index is 1.79. The molecule has 1 aromatic rings. The Labute approximate surface area is 120 Å². The number of ether oxygens (including phenoxy) is 1. The van der Waals surface area contributed by atoms with E-state index in [9.17, 15) is 5.11 Å². The SMILES string of the molecule is N#Cc1c(Cl)nsc1NCC(O)CN1CCOCC1. The van der Waals surface area contributed by atoms with E-state index in [1.54, 1.807) is 0 Å². The summed E-state index contributed by atoms with van der Waals surface area (Å²) in [5, 5.41) is 22.7. The van der Waals surface area contributed by atoms with Crippen molar-refractivity contribution in [2.45, 2.75) is 6.10 Å². The second-order valence-corrected chi connectivity index (χ2v) is 5.37. The van der Waals surface area contributed by atoms with Crippen molar-refractivity contribution in [3.63, 3.8) is 0 Å². The molecule has 0 bridgehead atoms. The Hall–Kier alpha value is -0.910. The number of hydrogen-bond donors (Lipinski definition) is 2. The fourth-order valence-electron chi connectivity index (χ4n) is 1.85.